The van der Waals surface area contributed by atoms with Crippen molar-refractivity contribution in [3.8, 4) is 5.75 Å². The van der Waals surface area contributed by atoms with Gasteiger partial charge in [0.05, 0.1) is 0 Å². The Kier molecular flexibility index (Phi) is 5.42. The van der Waals surface area contributed by atoms with E-state index in [1.807, 2.05) is 0 Å². The summed E-state index contributed by atoms with van der Waals surface area (Å²) in [5.41, 5.74) is 1.36. The summed E-state index contributed by atoms with van der Waals surface area (Å²) in [6.07, 6.45) is 3.51. The van der Waals surface area contributed by atoms with E-state index >= 15 is 0 Å². The lowest BCUT2D eigenvalue weighted by Gasteiger charge is -2.16. The Morgan fingerprint density at radius 2 is 1.85 bits per heavy atom. The van der Waals surface area contributed by atoms with Gasteiger partial charge in [0.25, 0.3) is 0 Å². The molecule has 0 aliphatic rings. The van der Waals surface area contributed by atoms with Crippen molar-refractivity contribution in [1.82, 2.24) is 4.90 Å². The molecule has 0 amide bonds. The number of ether oxygens (including phenoxy) is 1. The molecule has 0 unspecified atom stereocenters. The van der Waals surface area contributed by atoms with Crippen LogP contribution in [0.15, 0.2) is 36.4 Å². The Labute approximate surface area is 122 Å². The van der Waals surface area contributed by atoms with E-state index in [9.17, 15) is 0 Å². The summed E-state index contributed by atoms with van der Waals surface area (Å²) in [5, 5.41) is 2.64. The fourth-order valence-corrected chi connectivity index (χ4v) is 2.40. The molecule has 0 fully saturated rings. The van der Waals surface area contributed by atoms with E-state index in [0.717, 1.165) is 25.3 Å². The van der Waals surface area contributed by atoms with E-state index in [4.69, 9.17) is 4.74 Å². The van der Waals surface area contributed by atoms with Crippen LogP contribution in [0.3, 0.4) is 0 Å². The standard InChI is InChI=1S/C18H25NO/c1-4-5-9-17-16-10-7-6-8-15(16)11-12-18(17)20-14-13-19(2)3/h6-8,10-12H,4-5,9,13-14H2,1-3H3. The lowest BCUT2D eigenvalue weighted by Crippen LogP contribution is -2.19. The van der Waals surface area contributed by atoms with Gasteiger partial charge < -0.3 is 9.64 Å². The predicted molar refractivity (Wildman–Crippen MR) is 86.6 cm³/mol. The number of hydrogen-bond acceptors (Lipinski definition) is 2. The van der Waals surface area contributed by atoms with Gasteiger partial charge in [0.1, 0.15) is 12.4 Å². The predicted octanol–water partition coefficient (Wildman–Crippen LogP) is 4.12. The molecule has 0 spiro atoms. The van der Waals surface area contributed by atoms with Gasteiger partial charge in [0, 0.05) is 12.1 Å². The summed E-state index contributed by atoms with van der Waals surface area (Å²) in [6, 6.07) is 12.9. The van der Waals surface area contributed by atoms with Crippen molar-refractivity contribution in [3.05, 3.63) is 42.0 Å². The second-order valence-corrected chi connectivity index (χ2v) is 5.52. The molecule has 2 aromatic rings. The van der Waals surface area contributed by atoms with Crippen LogP contribution in [-0.4, -0.2) is 32.1 Å². The van der Waals surface area contributed by atoms with E-state index in [1.165, 1.54) is 29.2 Å². The quantitative estimate of drug-likeness (QED) is 0.751. The maximum Gasteiger partial charge on any atom is 0.123 e. The van der Waals surface area contributed by atoms with Crippen LogP contribution in [0.25, 0.3) is 10.8 Å². The lowest BCUT2D eigenvalue weighted by molar-refractivity contribution is 0.259. The van der Waals surface area contributed by atoms with Crippen LogP contribution in [0.5, 0.6) is 5.75 Å². The highest BCUT2D eigenvalue weighted by Crippen LogP contribution is 2.29. The van der Waals surface area contributed by atoms with Gasteiger partial charge in [0.15, 0.2) is 0 Å². The van der Waals surface area contributed by atoms with E-state index in [1.54, 1.807) is 0 Å². The third kappa shape index (κ3) is 3.73. The number of aryl methyl sites for hydroxylation is 1. The second-order valence-electron chi connectivity index (χ2n) is 5.52. The van der Waals surface area contributed by atoms with E-state index < -0.39 is 0 Å². The van der Waals surface area contributed by atoms with Crippen molar-refractivity contribution in [2.24, 2.45) is 0 Å². The molecule has 20 heavy (non-hydrogen) atoms. The molecule has 2 nitrogen and oxygen atoms in total. The zero-order valence-corrected chi connectivity index (χ0v) is 12.9. The molecule has 108 valence electrons. The zero-order chi connectivity index (χ0) is 14.4. The fraction of sp³-hybridized carbons (Fsp3) is 0.444. The lowest BCUT2D eigenvalue weighted by atomic mass is 9.99. The average molecular weight is 271 g/mol. The van der Waals surface area contributed by atoms with Crippen molar-refractivity contribution in [1.29, 1.82) is 0 Å². The summed E-state index contributed by atoms with van der Waals surface area (Å²) in [4.78, 5) is 2.15. The first-order chi connectivity index (χ1) is 9.72. The smallest absolute Gasteiger partial charge is 0.123 e. The Hall–Kier alpha value is -1.54. The topological polar surface area (TPSA) is 12.5 Å². The van der Waals surface area contributed by atoms with Crippen molar-refractivity contribution in [2.45, 2.75) is 26.2 Å². The third-order valence-corrected chi connectivity index (χ3v) is 3.57. The molecule has 0 bridgehead atoms. The van der Waals surface area contributed by atoms with E-state index in [-0.39, 0.29) is 0 Å². The first-order valence-corrected chi connectivity index (χ1v) is 7.50. The molecule has 2 rings (SSSR count). The van der Waals surface area contributed by atoms with E-state index in [2.05, 4.69) is 62.3 Å². The Morgan fingerprint density at radius 3 is 2.60 bits per heavy atom. The summed E-state index contributed by atoms with van der Waals surface area (Å²) < 4.78 is 6.01. The van der Waals surface area contributed by atoms with Gasteiger partial charge >= 0.3 is 0 Å². The van der Waals surface area contributed by atoms with Crippen molar-refractivity contribution in [2.75, 3.05) is 27.2 Å². The molecular formula is C18H25NO. The SMILES string of the molecule is CCCCc1c(OCCN(C)C)ccc2ccccc12. The van der Waals surface area contributed by atoms with Gasteiger partial charge in [-0.05, 0) is 43.8 Å². The minimum absolute atomic E-state index is 0.741. The Balaban J connectivity index is 2.27. The third-order valence-electron chi connectivity index (χ3n) is 3.57. The highest BCUT2D eigenvalue weighted by atomic mass is 16.5. The molecule has 0 aliphatic heterocycles. The first-order valence-electron chi connectivity index (χ1n) is 7.50. The monoisotopic (exact) mass is 271 g/mol. The minimum Gasteiger partial charge on any atom is -0.492 e. The number of hydrogen-bond donors (Lipinski definition) is 0. The molecule has 0 atom stereocenters. The number of rotatable bonds is 7. The van der Waals surface area contributed by atoms with Crippen LogP contribution in [0.2, 0.25) is 0 Å². The summed E-state index contributed by atoms with van der Waals surface area (Å²) in [6.45, 7) is 3.92. The number of fused-ring (bicyclic) bond motifs is 1. The molecule has 0 saturated heterocycles. The summed E-state index contributed by atoms with van der Waals surface area (Å²) in [5.74, 6) is 1.05. The highest BCUT2D eigenvalue weighted by molar-refractivity contribution is 5.87. The molecule has 0 heterocycles. The van der Waals surface area contributed by atoms with Crippen LogP contribution < -0.4 is 4.74 Å². The van der Waals surface area contributed by atoms with Gasteiger partial charge in [0.2, 0.25) is 0 Å². The molecule has 0 aromatic heterocycles. The zero-order valence-electron chi connectivity index (χ0n) is 12.9. The number of likely N-dealkylation sites (N-methyl/N-ethyl adjacent to an activating group) is 1. The van der Waals surface area contributed by atoms with Crippen LogP contribution in [-0.2, 0) is 6.42 Å². The van der Waals surface area contributed by atoms with Gasteiger partial charge in [-0.1, -0.05) is 43.7 Å². The minimum atomic E-state index is 0.741. The average Bonchev–Trinajstić information content (AvgIpc) is 2.45. The molecular weight excluding hydrogens is 246 g/mol. The number of unbranched alkanes of at least 4 members (excludes halogenated alkanes) is 1. The Morgan fingerprint density at radius 1 is 1.05 bits per heavy atom. The maximum absolute atomic E-state index is 6.01. The second kappa shape index (κ2) is 7.30. The number of benzene rings is 2. The van der Waals surface area contributed by atoms with Crippen LogP contribution >= 0.6 is 0 Å². The summed E-state index contributed by atoms with van der Waals surface area (Å²) in [7, 11) is 4.14. The van der Waals surface area contributed by atoms with Gasteiger partial charge in [-0.25, -0.2) is 0 Å². The fourth-order valence-electron chi connectivity index (χ4n) is 2.40. The Bertz CT molecular complexity index is 548. The van der Waals surface area contributed by atoms with Gasteiger partial charge in [-0.2, -0.15) is 0 Å². The molecule has 0 N–H and O–H groups in total. The van der Waals surface area contributed by atoms with Crippen molar-refractivity contribution < 1.29 is 4.74 Å². The highest BCUT2D eigenvalue weighted by Gasteiger charge is 2.08. The summed E-state index contributed by atoms with van der Waals surface area (Å²) >= 11 is 0. The van der Waals surface area contributed by atoms with Gasteiger partial charge in [-0.15, -0.1) is 0 Å². The van der Waals surface area contributed by atoms with E-state index in [0.29, 0.717) is 0 Å². The van der Waals surface area contributed by atoms with Gasteiger partial charge in [-0.3, -0.25) is 0 Å². The van der Waals surface area contributed by atoms with Crippen LogP contribution in [0.1, 0.15) is 25.3 Å². The molecule has 2 heteroatoms. The van der Waals surface area contributed by atoms with Crippen molar-refractivity contribution >= 4 is 10.8 Å². The van der Waals surface area contributed by atoms with Crippen molar-refractivity contribution in [3.63, 3.8) is 0 Å². The molecule has 2 aromatic carbocycles. The normalized spacial score (nSPS) is 11.2. The largest absolute Gasteiger partial charge is 0.492 e. The maximum atomic E-state index is 6.01. The van der Waals surface area contributed by atoms with Crippen LogP contribution in [0.4, 0.5) is 0 Å². The number of nitrogens with zero attached hydrogens (tertiary/aromatic N) is 1. The van der Waals surface area contributed by atoms with Crippen LogP contribution in [0, 0.1) is 0 Å². The first kappa shape index (κ1) is 14.9. The molecule has 0 saturated carbocycles. The molecule has 0 radical (unpaired) electrons. The molecule has 0 aliphatic carbocycles.